The van der Waals surface area contributed by atoms with Gasteiger partial charge in [-0.05, 0) is 38.8 Å². The fourth-order valence-corrected chi connectivity index (χ4v) is 2.04. The predicted octanol–water partition coefficient (Wildman–Crippen LogP) is 4.09. The second-order valence-electron chi connectivity index (χ2n) is 4.56. The van der Waals surface area contributed by atoms with Gasteiger partial charge in [-0.25, -0.2) is 0 Å². The molecule has 0 saturated carbocycles. The average molecular weight is 247 g/mol. The fourth-order valence-electron chi connectivity index (χ4n) is 2.04. The first-order valence-electron chi connectivity index (χ1n) is 6.76. The van der Waals surface area contributed by atoms with Crippen molar-refractivity contribution in [3.8, 4) is 5.75 Å². The Hall–Kier alpha value is -1.28. The lowest BCUT2D eigenvalue weighted by Crippen LogP contribution is -2.20. The normalized spacial score (nSPS) is 12.1. The number of benzene rings is 1. The van der Waals surface area contributed by atoms with E-state index in [1.165, 1.54) is 24.8 Å². The maximum absolute atomic E-state index is 5.37. The zero-order chi connectivity index (χ0) is 13.2. The van der Waals surface area contributed by atoms with E-state index in [9.17, 15) is 0 Å². The fraction of sp³-hybridized carbons (Fsp3) is 0.500. The van der Waals surface area contributed by atoms with E-state index in [0.717, 1.165) is 18.7 Å². The van der Waals surface area contributed by atoms with Gasteiger partial charge in [-0.15, -0.1) is 6.58 Å². The maximum Gasteiger partial charge on any atom is 0.123 e. The van der Waals surface area contributed by atoms with E-state index in [1.807, 2.05) is 18.2 Å². The zero-order valence-corrected chi connectivity index (χ0v) is 11.6. The lowest BCUT2D eigenvalue weighted by molar-refractivity contribution is 0.401. The van der Waals surface area contributed by atoms with Crippen molar-refractivity contribution in [2.75, 3.05) is 13.7 Å². The number of hydrogen-bond acceptors (Lipinski definition) is 2. The summed E-state index contributed by atoms with van der Waals surface area (Å²) in [7, 11) is 1.72. The van der Waals surface area contributed by atoms with Crippen LogP contribution in [0.3, 0.4) is 0 Å². The van der Waals surface area contributed by atoms with Gasteiger partial charge in [0.15, 0.2) is 0 Å². The molecule has 0 spiro atoms. The summed E-state index contributed by atoms with van der Waals surface area (Å²) in [6, 6.07) is 8.52. The second kappa shape index (κ2) is 8.76. The quantitative estimate of drug-likeness (QED) is 0.524. The minimum atomic E-state index is 0.334. The summed E-state index contributed by atoms with van der Waals surface area (Å²) >= 11 is 0. The monoisotopic (exact) mass is 247 g/mol. The van der Waals surface area contributed by atoms with Gasteiger partial charge in [0.25, 0.3) is 0 Å². The van der Waals surface area contributed by atoms with Crippen LogP contribution >= 0.6 is 0 Å². The topological polar surface area (TPSA) is 21.3 Å². The Labute approximate surface area is 111 Å². The molecule has 1 rings (SSSR count). The number of unbranched alkanes of at least 4 members (excludes halogenated alkanes) is 3. The number of ether oxygens (including phenoxy) is 1. The average Bonchev–Trinajstić information content (AvgIpc) is 2.42. The van der Waals surface area contributed by atoms with Gasteiger partial charge in [-0.3, -0.25) is 0 Å². The summed E-state index contributed by atoms with van der Waals surface area (Å²) in [4.78, 5) is 0. The molecule has 0 amide bonds. The maximum atomic E-state index is 5.37. The summed E-state index contributed by atoms with van der Waals surface area (Å²) in [5.41, 5.74) is 1.23. The highest BCUT2D eigenvalue weighted by molar-refractivity contribution is 5.35. The SMILES string of the molecule is C=CCCCCCN[C@H](C)c1ccccc1OC. The van der Waals surface area contributed by atoms with E-state index < -0.39 is 0 Å². The van der Waals surface area contributed by atoms with Gasteiger partial charge in [-0.2, -0.15) is 0 Å². The zero-order valence-electron chi connectivity index (χ0n) is 11.6. The van der Waals surface area contributed by atoms with Crippen molar-refractivity contribution < 1.29 is 4.74 Å². The van der Waals surface area contributed by atoms with Gasteiger partial charge in [0, 0.05) is 11.6 Å². The van der Waals surface area contributed by atoms with Gasteiger partial charge in [0.05, 0.1) is 7.11 Å². The summed E-state index contributed by atoms with van der Waals surface area (Å²) in [5, 5.41) is 3.54. The number of rotatable bonds is 9. The van der Waals surface area contributed by atoms with E-state index in [4.69, 9.17) is 4.74 Å². The Bertz CT molecular complexity index is 349. The Balaban J connectivity index is 2.31. The van der Waals surface area contributed by atoms with Crippen LogP contribution in [-0.2, 0) is 0 Å². The van der Waals surface area contributed by atoms with Crippen molar-refractivity contribution in [2.24, 2.45) is 0 Å². The van der Waals surface area contributed by atoms with Crippen LogP contribution in [0.4, 0.5) is 0 Å². The summed E-state index contributed by atoms with van der Waals surface area (Å²) < 4.78 is 5.37. The first-order valence-corrected chi connectivity index (χ1v) is 6.76. The molecule has 1 atom stereocenters. The number of methoxy groups -OCH3 is 1. The van der Waals surface area contributed by atoms with E-state index >= 15 is 0 Å². The Kier molecular flexibility index (Phi) is 7.19. The second-order valence-corrected chi connectivity index (χ2v) is 4.56. The van der Waals surface area contributed by atoms with Crippen molar-refractivity contribution in [3.05, 3.63) is 42.5 Å². The standard InChI is InChI=1S/C16H25NO/c1-4-5-6-7-10-13-17-14(2)15-11-8-9-12-16(15)18-3/h4,8-9,11-12,14,17H,1,5-7,10,13H2,2-3H3/t14-/m1/s1. The van der Waals surface area contributed by atoms with Crippen LogP contribution in [0.5, 0.6) is 5.75 Å². The molecule has 0 bridgehead atoms. The summed E-state index contributed by atoms with van der Waals surface area (Å²) in [6.07, 6.45) is 6.84. The third kappa shape index (κ3) is 4.92. The number of allylic oxidation sites excluding steroid dienone is 1. The number of hydrogen-bond donors (Lipinski definition) is 1. The molecule has 1 N–H and O–H groups in total. The Morgan fingerprint density at radius 3 is 2.78 bits per heavy atom. The minimum absolute atomic E-state index is 0.334. The van der Waals surface area contributed by atoms with E-state index in [1.54, 1.807) is 7.11 Å². The van der Waals surface area contributed by atoms with E-state index in [-0.39, 0.29) is 0 Å². The van der Waals surface area contributed by atoms with Crippen LogP contribution in [0, 0.1) is 0 Å². The lowest BCUT2D eigenvalue weighted by atomic mass is 10.1. The van der Waals surface area contributed by atoms with Crippen molar-refractivity contribution in [1.29, 1.82) is 0 Å². The largest absolute Gasteiger partial charge is 0.496 e. The molecule has 0 aliphatic carbocycles. The van der Waals surface area contributed by atoms with Gasteiger partial charge in [-0.1, -0.05) is 30.7 Å². The molecule has 0 unspecified atom stereocenters. The lowest BCUT2D eigenvalue weighted by Gasteiger charge is -2.17. The molecule has 0 fully saturated rings. The molecular weight excluding hydrogens is 222 g/mol. The molecule has 0 saturated heterocycles. The van der Waals surface area contributed by atoms with Crippen molar-refractivity contribution >= 4 is 0 Å². The van der Waals surface area contributed by atoms with Crippen molar-refractivity contribution in [1.82, 2.24) is 5.32 Å². The van der Waals surface area contributed by atoms with Crippen LogP contribution in [0.25, 0.3) is 0 Å². The first-order chi connectivity index (χ1) is 8.79. The van der Waals surface area contributed by atoms with E-state index in [0.29, 0.717) is 6.04 Å². The molecular formula is C16H25NO. The van der Waals surface area contributed by atoms with Crippen molar-refractivity contribution in [2.45, 2.75) is 38.6 Å². The molecule has 0 aliphatic heterocycles. The molecule has 0 aromatic heterocycles. The minimum Gasteiger partial charge on any atom is -0.496 e. The predicted molar refractivity (Wildman–Crippen MR) is 78.1 cm³/mol. The summed E-state index contributed by atoms with van der Waals surface area (Å²) in [5.74, 6) is 0.962. The van der Waals surface area contributed by atoms with Gasteiger partial charge in [0.1, 0.15) is 5.75 Å². The third-order valence-corrected chi connectivity index (χ3v) is 3.14. The molecule has 2 nitrogen and oxygen atoms in total. The first kappa shape index (κ1) is 14.8. The Morgan fingerprint density at radius 2 is 2.06 bits per heavy atom. The number of nitrogens with one attached hydrogen (secondary N) is 1. The Morgan fingerprint density at radius 1 is 1.28 bits per heavy atom. The molecule has 2 heteroatoms. The molecule has 0 aliphatic rings. The van der Waals surface area contributed by atoms with Gasteiger partial charge < -0.3 is 10.1 Å². The van der Waals surface area contributed by atoms with Crippen LogP contribution in [0.1, 0.15) is 44.2 Å². The molecule has 1 aromatic carbocycles. The molecule has 100 valence electrons. The number of para-hydroxylation sites is 1. The molecule has 18 heavy (non-hydrogen) atoms. The highest BCUT2D eigenvalue weighted by Crippen LogP contribution is 2.24. The smallest absolute Gasteiger partial charge is 0.123 e. The molecule has 0 radical (unpaired) electrons. The van der Waals surface area contributed by atoms with Crippen LogP contribution < -0.4 is 10.1 Å². The van der Waals surface area contributed by atoms with Crippen LogP contribution in [0.2, 0.25) is 0 Å². The van der Waals surface area contributed by atoms with Crippen molar-refractivity contribution in [3.63, 3.8) is 0 Å². The van der Waals surface area contributed by atoms with E-state index in [2.05, 4.69) is 31.0 Å². The van der Waals surface area contributed by atoms with Crippen LogP contribution in [-0.4, -0.2) is 13.7 Å². The highest BCUT2D eigenvalue weighted by atomic mass is 16.5. The third-order valence-electron chi connectivity index (χ3n) is 3.14. The van der Waals surface area contributed by atoms with Crippen LogP contribution in [0.15, 0.2) is 36.9 Å². The van der Waals surface area contributed by atoms with Gasteiger partial charge in [0.2, 0.25) is 0 Å². The molecule has 1 aromatic rings. The highest BCUT2D eigenvalue weighted by Gasteiger charge is 2.09. The summed E-state index contributed by atoms with van der Waals surface area (Å²) in [6.45, 7) is 6.97. The van der Waals surface area contributed by atoms with Gasteiger partial charge >= 0.3 is 0 Å². The molecule has 0 heterocycles.